The number of nitrogens with one attached hydrogen (secondary N) is 2. The minimum atomic E-state index is -0.228. The molecule has 0 aliphatic carbocycles. The van der Waals surface area contributed by atoms with Crippen molar-refractivity contribution in [1.29, 1.82) is 0 Å². The molecule has 0 aliphatic rings. The number of aromatic amines is 1. The SMILES string of the molecule is Cc1ccc(NC(=O)CN(C)C(=O)c2cc3c(C)cc(C)c(C)c3[nH]2)cc1. The molecule has 0 spiro atoms. The summed E-state index contributed by atoms with van der Waals surface area (Å²) in [4.78, 5) is 29.7. The number of rotatable bonds is 4. The molecule has 0 fully saturated rings. The third-order valence-electron chi connectivity index (χ3n) is 4.94. The van der Waals surface area contributed by atoms with Crippen LogP contribution in [0, 0.1) is 27.7 Å². The van der Waals surface area contributed by atoms with Crippen LogP contribution in [-0.2, 0) is 4.79 Å². The van der Waals surface area contributed by atoms with Crippen LogP contribution in [0.4, 0.5) is 5.69 Å². The molecule has 2 aromatic carbocycles. The quantitative estimate of drug-likeness (QED) is 0.732. The first kappa shape index (κ1) is 18.7. The smallest absolute Gasteiger partial charge is 0.270 e. The fourth-order valence-electron chi connectivity index (χ4n) is 3.21. The fraction of sp³-hybridized carbons (Fsp3) is 0.273. The van der Waals surface area contributed by atoms with Gasteiger partial charge in [0.1, 0.15) is 5.69 Å². The molecule has 2 amide bonds. The van der Waals surface area contributed by atoms with Crippen molar-refractivity contribution >= 4 is 28.4 Å². The molecule has 1 heterocycles. The number of hydrogen-bond donors (Lipinski definition) is 2. The Bertz CT molecular complexity index is 1020. The van der Waals surface area contributed by atoms with Crippen LogP contribution in [0.1, 0.15) is 32.7 Å². The highest BCUT2D eigenvalue weighted by molar-refractivity contribution is 6.02. The number of benzene rings is 2. The summed E-state index contributed by atoms with van der Waals surface area (Å²) in [6.07, 6.45) is 0. The minimum Gasteiger partial charge on any atom is -0.350 e. The molecule has 3 aromatic rings. The van der Waals surface area contributed by atoms with E-state index < -0.39 is 0 Å². The average molecular weight is 363 g/mol. The van der Waals surface area contributed by atoms with E-state index in [1.54, 1.807) is 7.05 Å². The van der Waals surface area contributed by atoms with Gasteiger partial charge in [-0.2, -0.15) is 0 Å². The molecule has 0 radical (unpaired) electrons. The van der Waals surface area contributed by atoms with E-state index in [-0.39, 0.29) is 18.4 Å². The maximum atomic E-state index is 12.8. The molecule has 3 rings (SSSR count). The second-order valence-electron chi connectivity index (χ2n) is 7.18. The summed E-state index contributed by atoms with van der Waals surface area (Å²) >= 11 is 0. The van der Waals surface area contributed by atoms with E-state index in [1.165, 1.54) is 10.5 Å². The third kappa shape index (κ3) is 3.87. The fourth-order valence-corrected chi connectivity index (χ4v) is 3.21. The van der Waals surface area contributed by atoms with Crippen molar-refractivity contribution in [3.05, 3.63) is 64.3 Å². The van der Waals surface area contributed by atoms with Gasteiger partial charge < -0.3 is 15.2 Å². The third-order valence-corrected chi connectivity index (χ3v) is 4.94. The first-order valence-corrected chi connectivity index (χ1v) is 8.97. The normalized spacial score (nSPS) is 10.9. The Morgan fingerprint density at radius 2 is 1.67 bits per heavy atom. The number of carbonyl (C=O) groups is 2. The van der Waals surface area contributed by atoms with Crippen LogP contribution in [0.3, 0.4) is 0 Å². The van der Waals surface area contributed by atoms with Crippen LogP contribution < -0.4 is 5.32 Å². The predicted molar refractivity (Wildman–Crippen MR) is 109 cm³/mol. The zero-order valence-corrected chi connectivity index (χ0v) is 16.4. The van der Waals surface area contributed by atoms with Gasteiger partial charge in [-0.15, -0.1) is 0 Å². The van der Waals surface area contributed by atoms with E-state index >= 15 is 0 Å². The minimum absolute atomic E-state index is 0.0148. The van der Waals surface area contributed by atoms with Gasteiger partial charge in [0.25, 0.3) is 5.91 Å². The lowest BCUT2D eigenvalue weighted by Gasteiger charge is -2.16. The summed E-state index contributed by atoms with van der Waals surface area (Å²) in [5.41, 5.74) is 6.77. The molecule has 1 aromatic heterocycles. The maximum Gasteiger partial charge on any atom is 0.270 e. The lowest BCUT2D eigenvalue weighted by atomic mass is 10.0. The monoisotopic (exact) mass is 363 g/mol. The summed E-state index contributed by atoms with van der Waals surface area (Å²) in [5, 5.41) is 3.86. The highest BCUT2D eigenvalue weighted by Gasteiger charge is 2.18. The highest BCUT2D eigenvalue weighted by atomic mass is 16.2. The number of fused-ring (bicyclic) bond motifs is 1. The zero-order chi connectivity index (χ0) is 19.7. The lowest BCUT2D eigenvalue weighted by Crippen LogP contribution is -2.35. The van der Waals surface area contributed by atoms with Crippen molar-refractivity contribution in [2.24, 2.45) is 0 Å². The summed E-state index contributed by atoms with van der Waals surface area (Å²) < 4.78 is 0. The molecule has 5 nitrogen and oxygen atoms in total. The molecule has 27 heavy (non-hydrogen) atoms. The van der Waals surface area contributed by atoms with E-state index in [0.29, 0.717) is 5.69 Å². The molecule has 0 bridgehead atoms. The molecule has 0 aliphatic heterocycles. The van der Waals surface area contributed by atoms with Gasteiger partial charge in [0.15, 0.2) is 0 Å². The summed E-state index contributed by atoms with van der Waals surface area (Å²) in [7, 11) is 1.63. The standard InChI is InChI=1S/C22H25N3O2/c1-13-6-8-17(9-7-13)23-20(26)12-25(5)22(27)19-11-18-15(3)10-14(2)16(4)21(18)24-19/h6-11,24H,12H2,1-5H3,(H,23,26). The largest absolute Gasteiger partial charge is 0.350 e. The van der Waals surface area contributed by atoms with Crippen LogP contribution >= 0.6 is 0 Å². The summed E-state index contributed by atoms with van der Waals surface area (Å²) in [6, 6.07) is 11.6. The Labute approximate surface area is 159 Å². The highest BCUT2D eigenvalue weighted by Crippen LogP contribution is 2.26. The Balaban J connectivity index is 1.74. The second kappa shape index (κ2) is 7.27. The number of aromatic nitrogens is 1. The first-order valence-electron chi connectivity index (χ1n) is 8.97. The predicted octanol–water partition coefficient (Wildman–Crippen LogP) is 4.11. The molecular formula is C22H25N3O2. The first-order chi connectivity index (χ1) is 12.8. The van der Waals surface area contributed by atoms with E-state index in [1.807, 2.05) is 51.1 Å². The van der Waals surface area contributed by atoms with Crippen molar-refractivity contribution in [3.63, 3.8) is 0 Å². The van der Waals surface area contributed by atoms with Gasteiger partial charge in [0, 0.05) is 23.6 Å². The number of hydrogen-bond acceptors (Lipinski definition) is 2. The number of nitrogens with zero attached hydrogens (tertiary/aromatic N) is 1. The van der Waals surface area contributed by atoms with Gasteiger partial charge in [0.05, 0.1) is 6.54 Å². The van der Waals surface area contributed by atoms with Crippen LogP contribution in [0.5, 0.6) is 0 Å². The molecule has 0 unspecified atom stereocenters. The van der Waals surface area contributed by atoms with Gasteiger partial charge in [-0.25, -0.2) is 0 Å². The van der Waals surface area contributed by atoms with Gasteiger partial charge in [-0.05, 0) is 62.6 Å². The molecule has 0 saturated carbocycles. The Hall–Kier alpha value is -3.08. The number of anilines is 1. The van der Waals surface area contributed by atoms with Crippen molar-refractivity contribution < 1.29 is 9.59 Å². The van der Waals surface area contributed by atoms with E-state index in [4.69, 9.17) is 0 Å². The maximum absolute atomic E-state index is 12.8. The number of carbonyl (C=O) groups excluding carboxylic acids is 2. The molecule has 140 valence electrons. The Kier molecular flexibility index (Phi) is 5.04. The average Bonchev–Trinajstić information content (AvgIpc) is 3.07. The zero-order valence-electron chi connectivity index (χ0n) is 16.4. The van der Waals surface area contributed by atoms with E-state index in [2.05, 4.69) is 23.3 Å². The topological polar surface area (TPSA) is 65.2 Å². The lowest BCUT2D eigenvalue weighted by molar-refractivity contribution is -0.116. The van der Waals surface area contributed by atoms with Gasteiger partial charge >= 0.3 is 0 Å². The van der Waals surface area contributed by atoms with Crippen molar-refractivity contribution in [3.8, 4) is 0 Å². The number of aryl methyl sites for hydroxylation is 4. The number of likely N-dealkylation sites (N-methyl/N-ethyl adjacent to an activating group) is 1. The van der Waals surface area contributed by atoms with E-state index in [0.717, 1.165) is 33.3 Å². The molecule has 0 atom stereocenters. The number of amides is 2. The van der Waals surface area contributed by atoms with Crippen molar-refractivity contribution in [2.45, 2.75) is 27.7 Å². The second-order valence-corrected chi connectivity index (χ2v) is 7.18. The Morgan fingerprint density at radius 1 is 1.00 bits per heavy atom. The summed E-state index contributed by atoms with van der Waals surface area (Å²) in [6.45, 7) is 8.12. The number of H-pyrrole nitrogens is 1. The Morgan fingerprint density at radius 3 is 2.33 bits per heavy atom. The molecular weight excluding hydrogens is 338 g/mol. The molecule has 5 heteroatoms. The van der Waals surface area contributed by atoms with Crippen LogP contribution in [0.25, 0.3) is 10.9 Å². The van der Waals surface area contributed by atoms with Gasteiger partial charge in [0.2, 0.25) is 5.91 Å². The van der Waals surface area contributed by atoms with Gasteiger partial charge in [-0.3, -0.25) is 9.59 Å². The van der Waals surface area contributed by atoms with Crippen LogP contribution in [-0.4, -0.2) is 35.3 Å². The van der Waals surface area contributed by atoms with Crippen molar-refractivity contribution in [1.82, 2.24) is 9.88 Å². The van der Waals surface area contributed by atoms with Gasteiger partial charge in [-0.1, -0.05) is 23.8 Å². The van der Waals surface area contributed by atoms with Crippen LogP contribution in [0.2, 0.25) is 0 Å². The van der Waals surface area contributed by atoms with Crippen molar-refractivity contribution in [2.75, 3.05) is 18.9 Å². The summed E-state index contributed by atoms with van der Waals surface area (Å²) in [5.74, 6) is -0.435. The van der Waals surface area contributed by atoms with Crippen LogP contribution in [0.15, 0.2) is 36.4 Å². The van der Waals surface area contributed by atoms with E-state index in [9.17, 15) is 9.59 Å². The molecule has 2 N–H and O–H groups in total. The molecule has 0 saturated heterocycles.